The van der Waals surface area contributed by atoms with Gasteiger partial charge in [0.05, 0.1) is 5.75 Å². The zero-order valence-electron chi connectivity index (χ0n) is 12.1. The average molecular weight is 317 g/mol. The minimum atomic E-state index is -3.32. The number of sulfone groups is 1. The molecule has 1 aromatic heterocycles. The van der Waals surface area contributed by atoms with Gasteiger partial charge in [0, 0.05) is 6.54 Å². The minimum Gasteiger partial charge on any atom is -0.382 e. The lowest BCUT2D eigenvalue weighted by Crippen LogP contribution is -2.24. The van der Waals surface area contributed by atoms with Crippen molar-refractivity contribution in [2.24, 2.45) is 11.8 Å². The van der Waals surface area contributed by atoms with E-state index in [0.29, 0.717) is 16.8 Å². The Morgan fingerprint density at radius 1 is 1.40 bits per heavy atom. The molecule has 1 aliphatic carbocycles. The van der Waals surface area contributed by atoms with Crippen molar-refractivity contribution in [2.45, 2.75) is 44.4 Å². The molecule has 20 heavy (non-hydrogen) atoms. The molecule has 1 fully saturated rings. The summed E-state index contributed by atoms with van der Waals surface area (Å²) in [6.07, 6.45) is 5.04. The van der Waals surface area contributed by atoms with Crippen LogP contribution in [0.15, 0.2) is 4.90 Å². The number of aromatic nitrogens is 1. The minimum absolute atomic E-state index is 0.0458. The Kier molecular flexibility index (Phi) is 4.90. The predicted octanol–water partition coefficient (Wildman–Crippen LogP) is 2.76. The number of anilines is 2. The van der Waals surface area contributed by atoms with Crippen molar-refractivity contribution >= 4 is 32.2 Å². The zero-order chi connectivity index (χ0) is 14.8. The van der Waals surface area contributed by atoms with Crippen LogP contribution in [0, 0.1) is 11.8 Å². The molecule has 1 heterocycles. The van der Waals surface area contributed by atoms with E-state index >= 15 is 0 Å². The summed E-state index contributed by atoms with van der Waals surface area (Å²) < 4.78 is 28.1. The van der Waals surface area contributed by atoms with E-state index in [1.165, 1.54) is 25.7 Å². The molecule has 0 spiro atoms. The highest BCUT2D eigenvalue weighted by Crippen LogP contribution is 2.34. The summed E-state index contributed by atoms with van der Waals surface area (Å²) in [5.74, 6) is 1.46. The quantitative estimate of drug-likeness (QED) is 0.872. The monoisotopic (exact) mass is 317 g/mol. The van der Waals surface area contributed by atoms with E-state index in [1.807, 2.05) is 0 Å². The number of nitrogens with two attached hydrogens (primary N) is 1. The molecule has 0 radical (unpaired) electrons. The van der Waals surface area contributed by atoms with Crippen molar-refractivity contribution in [3.05, 3.63) is 0 Å². The zero-order valence-corrected chi connectivity index (χ0v) is 13.7. The van der Waals surface area contributed by atoms with Crippen LogP contribution >= 0.6 is 11.5 Å². The third kappa shape index (κ3) is 3.25. The lowest BCUT2D eigenvalue weighted by Gasteiger charge is -2.28. The molecule has 5 nitrogen and oxygen atoms in total. The van der Waals surface area contributed by atoms with Crippen LogP contribution in [0.1, 0.15) is 39.5 Å². The smallest absolute Gasteiger partial charge is 0.184 e. The van der Waals surface area contributed by atoms with Crippen LogP contribution in [-0.2, 0) is 9.84 Å². The molecule has 1 saturated carbocycles. The van der Waals surface area contributed by atoms with Crippen molar-refractivity contribution in [3.63, 3.8) is 0 Å². The largest absolute Gasteiger partial charge is 0.382 e. The third-order valence-corrected chi connectivity index (χ3v) is 6.92. The predicted molar refractivity (Wildman–Crippen MR) is 83.9 cm³/mol. The SMILES string of the molecule is CCS(=O)(=O)c1c(N)nsc1NCC1CCCCC1C. The first-order valence-electron chi connectivity index (χ1n) is 7.17. The summed E-state index contributed by atoms with van der Waals surface area (Å²) in [6.45, 7) is 4.70. The van der Waals surface area contributed by atoms with Crippen LogP contribution in [0.4, 0.5) is 10.8 Å². The van der Waals surface area contributed by atoms with Crippen LogP contribution in [0.25, 0.3) is 0 Å². The summed E-state index contributed by atoms with van der Waals surface area (Å²) >= 11 is 1.14. The topological polar surface area (TPSA) is 85.1 Å². The number of hydrogen-bond donors (Lipinski definition) is 2. The maximum absolute atomic E-state index is 12.1. The lowest BCUT2D eigenvalue weighted by molar-refractivity contribution is 0.268. The second kappa shape index (κ2) is 6.30. The number of nitrogens with zero attached hydrogens (tertiary/aromatic N) is 1. The van der Waals surface area contributed by atoms with Crippen LogP contribution < -0.4 is 11.1 Å². The van der Waals surface area contributed by atoms with E-state index in [0.717, 1.165) is 18.1 Å². The number of rotatable bonds is 5. The first kappa shape index (κ1) is 15.6. The van der Waals surface area contributed by atoms with Gasteiger partial charge < -0.3 is 11.1 Å². The third-order valence-electron chi connectivity index (χ3n) is 4.18. The van der Waals surface area contributed by atoms with Gasteiger partial charge in [-0.05, 0) is 29.8 Å². The molecule has 0 aliphatic heterocycles. The molecule has 2 rings (SSSR count). The Morgan fingerprint density at radius 3 is 2.75 bits per heavy atom. The van der Waals surface area contributed by atoms with Gasteiger partial charge in [0.2, 0.25) is 0 Å². The van der Waals surface area contributed by atoms with Gasteiger partial charge in [-0.25, -0.2) is 8.42 Å². The molecular weight excluding hydrogens is 294 g/mol. The summed E-state index contributed by atoms with van der Waals surface area (Å²) in [5, 5.41) is 3.87. The van der Waals surface area contributed by atoms with Gasteiger partial charge in [-0.15, -0.1) is 0 Å². The van der Waals surface area contributed by atoms with Gasteiger partial charge >= 0.3 is 0 Å². The molecule has 0 aromatic carbocycles. The number of nitrogens with one attached hydrogen (secondary N) is 1. The maximum Gasteiger partial charge on any atom is 0.184 e. The number of nitrogen functional groups attached to an aromatic ring is 1. The van der Waals surface area contributed by atoms with Crippen LogP contribution in [0.3, 0.4) is 0 Å². The van der Waals surface area contributed by atoms with Gasteiger partial charge in [0.1, 0.15) is 9.90 Å². The Labute approximate surface area is 125 Å². The Morgan fingerprint density at radius 2 is 2.10 bits per heavy atom. The first-order valence-corrected chi connectivity index (χ1v) is 9.60. The fourth-order valence-corrected chi connectivity index (χ4v) is 4.95. The second-order valence-electron chi connectivity index (χ2n) is 5.53. The Hall–Kier alpha value is -0.820. The molecule has 0 bridgehead atoms. The average Bonchev–Trinajstić information content (AvgIpc) is 2.80. The van der Waals surface area contributed by atoms with Crippen molar-refractivity contribution < 1.29 is 8.42 Å². The van der Waals surface area contributed by atoms with Crippen molar-refractivity contribution in [1.29, 1.82) is 0 Å². The summed E-state index contributed by atoms with van der Waals surface area (Å²) in [4.78, 5) is 0.188. The molecule has 1 aromatic rings. The normalized spacial score (nSPS) is 23.7. The molecule has 7 heteroatoms. The summed E-state index contributed by atoms with van der Waals surface area (Å²) in [6, 6.07) is 0. The number of hydrogen-bond acceptors (Lipinski definition) is 6. The second-order valence-corrected chi connectivity index (χ2v) is 8.52. The van der Waals surface area contributed by atoms with Crippen molar-refractivity contribution in [1.82, 2.24) is 4.37 Å². The van der Waals surface area contributed by atoms with E-state index in [4.69, 9.17) is 5.73 Å². The summed E-state index contributed by atoms with van der Waals surface area (Å²) in [7, 11) is -3.32. The highest BCUT2D eigenvalue weighted by molar-refractivity contribution is 7.91. The molecular formula is C13H23N3O2S2. The molecule has 114 valence electrons. The fraction of sp³-hybridized carbons (Fsp3) is 0.769. The van der Waals surface area contributed by atoms with Crippen LogP contribution in [0.5, 0.6) is 0 Å². The van der Waals surface area contributed by atoms with E-state index in [1.54, 1.807) is 6.92 Å². The first-order chi connectivity index (χ1) is 9.45. The van der Waals surface area contributed by atoms with Gasteiger partial charge in [0.25, 0.3) is 0 Å². The molecule has 0 amide bonds. The van der Waals surface area contributed by atoms with Gasteiger partial charge in [-0.1, -0.05) is 33.1 Å². The van der Waals surface area contributed by atoms with Crippen molar-refractivity contribution in [3.8, 4) is 0 Å². The Balaban J connectivity index is 2.11. The van der Waals surface area contributed by atoms with E-state index in [-0.39, 0.29) is 16.5 Å². The lowest BCUT2D eigenvalue weighted by atomic mass is 9.80. The van der Waals surface area contributed by atoms with Crippen molar-refractivity contribution in [2.75, 3.05) is 23.3 Å². The molecule has 2 atom stereocenters. The fourth-order valence-electron chi connectivity index (χ4n) is 2.77. The van der Waals surface area contributed by atoms with E-state index < -0.39 is 9.84 Å². The Bertz CT molecular complexity index is 554. The van der Waals surface area contributed by atoms with E-state index in [9.17, 15) is 8.42 Å². The molecule has 0 saturated heterocycles. The van der Waals surface area contributed by atoms with Gasteiger partial charge in [-0.3, -0.25) is 0 Å². The molecule has 2 unspecified atom stereocenters. The summed E-state index contributed by atoms with van der Waals surface area (Å²) in [5.41, 5.74) is 5.72. The molecule has 3 N–H and O–H groups in total. The standard InChI is InChI=1S/C13H23N3O2S2/c1-3-20(17,18)11-12(14)16-19-13(11)15-8-10-7-5-4-6-9(10)2/h9-10,15H,3-8H2,1-2H3,(H2,14,16). The van der Waals surface area contributed by atoms with Gasteiger partial charge in [-0.2, -0.15) is 4.37 Å². The molecule has 1 aliphatic rings. The van der Waals surface area contributed by atoms with Crippen LogP contribution in [0.2, 0.25) is 0 Å². The van der Waals surface area contributed by atoms with Gasteiger partial charge in [0.15, 0.2) is 15.7 Å². The highest BCUT2D eigenvalue weighted by atomic mass is 32.2. The maximum atomic E-state index is 12.1. The van der Waals surface area contributed by atoms with Crippen LogP contribution in [-0.4, -0.2) is 25.1 Å². The highest BCUT2D eigenvalue weighted by Gasteiger charge is 2.26. The van der Waals surface area contributed by atoms with E-state index in [2.05, 4.69) is 16.6 Å².